The number of furan rings is 1. The predicted octanol–water partition coefficient (Wildman–Crippen LogP) is 3.62. The van der Waals surface area contributed by atoms with Gasteiger partial charge in [0.15, 0.2) is 5.76 Å². The Hall–Kier alpha value is -3.61. The highest BCUT2D eigenvalue weighted by molar-refractivity contribution is 5.92. The van der Waals surface area contributed by atoms with Crippen molar-refractivity contribution < 1.29 is 23.1 Å². The number of nitrogens with zero attached hydrogens (tertiary/aromatic N) is 2. The highest BCUT2D eigenvalue weighted by Gasteiger charge is 2.26. The van der Waals surface area contributed by atoms with Crippen LogP contribution in [0, 0.1) is 5.82 Å². The second kappa shape index (κ2) is 9.04. The number of halogens is 1. The standard InChI is InChI=1S/C24H23FN2O4/c1-30-20-4-2-3-17(15-20)16-23(28)26-11-13-27(14-12-26)24(29)22-10-9-21(31-22)18-5-7-19(25)8-6-18/h2-10,15H,11-14,16H2,1H3. The smallest absolute Gasteiger partial charge is 0.289 e. The molecule has 0 aliphatic carbocycles. The van der Waals surface area contributed by atoms with Gasteiger partial charge in [-0.15, -0.1) is 0 Å². The van der Waals surface area contributed by atoms with E-state index in [9.17, 15) is 14.0 Å². The van der Waals surface area contributed by atoms with Gasteiger partial charge in [-0.3, -0.25) is 9.59 Å². The first-order valence-corrected chi connectivity index (χ1v) is 10.1. The Kier molecular flexibility index (Phi) is 6.02. The van der Waals surface area contributed by atoms with Gasteiger partial charge in [-0.2, -0.15) is 0 Å². The molecule has 2 amide bonds. The van der Waals surface area contributed by atoms with Crippen molar-refractivity contribution in [2.24, 2.45) is 0 Å². The maximum absolute atomic E-state index is 13.1. The lowest BCUT2D eigenvalue weighted by Gasteiger charge is -2.34. The summed E-state index contributed by atoms with van der Waals surface area (Å²) in [5.41, 5.74) is 1.60. The molecule has 0 bridgehead atoms. The van der Waals surface area contributed by atoms with E-state index in [1.807, 2.05) is 24.3 Å². The summed E-state index contributed by atoms with van der Waals surface area (Å²) in [6.07, 6.45) is 0.296. The molecular weight excluding hydrogens is 399 g/mol. The number of piperazine rings is 1. The number of ether oxygens (including phenoxy) is 1. The van der Waals surface area contributed by atoms with E-state index in [1.165, 1.54) is 12.1 Å². The molecule has 1 saturated heterocycles. The Balaban J connectivity index is 1.33. The van der Waals surface area contributed by atoms with E-state index in [-0.39, 0.29) is 23.4 Å². The van der Waals surface area contributed by atoms with E-state index >= 15 is 0 Å². The fraction of sp³-hybridized carbons (Fsp3) is 0.250. The van der Waals surface area contributed by atoms with Gasteiger partial charge in [0.25, 0.3) is 5.91 Å². The second-order valence-corrected chi connectivity index (χ2v) is 7.37. The zero-order valence-electron chi connectivity index (χ0n) is 17.2. The lowest BCUT2D eigenvalue weighted by molar-refractivity contribution is -0.131. The molecule has 2 heterocycles. The molecule has 7 heteroatoms. The third-order valence-corrected chi connectivity index (χ3v) is 5.35. The number of hydrogen-bond donors (Lipinski definition) is 0. The van der Waals surface area contributed by atoms with Gasteiger partial charge in [-0.25, -0.2) is 4.39 Å². The van der Waals surface area contributed by atoms with E-state index in [0.717, 1.165) is 11.3 Å². The third kappa shape index (κ3) is 4.77. The first-order chi connectivity index (χ1) is 15.0. The number of amides is 2. The fourth-order valence-electron chi connectivity index (χ4n) is 3.61. The first-order valence-electron chi connectivity index (χ1n) is 10.1. The minimum atomic E-state index is -0.328. The zero-order chi connectivity index (χ0) is 21.8. The van der Waals surface area contributed by atoms with Crippen LogP contribution in [0.15, 0.2) is 65.1 Å². The monoisotopic (exact) mass is 422 g/mol. The molecule has 2 aromatic carbocycles. The number of rotatable bonds is 5. The largest absolute Gasteiger partial charge is 0.497 e. The summed E-state index contributed by atoms with van der Waals surface area (Å²) >= 11 is 0. The summed E-state index contributed by atoms with van der Waals surface area (Å²) in [7, 11) is 1.60. The SMILES string of the molecule is COc1cccc(CC(=O)N2CCN(C(=O)c3ccc(-c4ccc(F)cc4)o3)CC2)c1. The van der Waals surface area contributed by atoms with Crippen molar-refractivity contribution >= 4 is 11.8 Å². The minimum Gasteiger partial charge on any atom is -0.497 e. The van der Waals surface area contributed by atoms with Crippen LogP contribution in [-0.4, -0.2) is 54.9 Å². The molecular formula is C24H23FN2O4. The fourth-order valence-corrected chi connectivity index (χ4v) is 3.61. The van der Waals surface area contributed by atoms with Gasteiger partial charge in [0.2, 0.25) is 5.91 Å². The summed E-state index contributed by atoms with van der Waals surface area (Å²) < 4.78 is 24.0. The quantitative estimate of drug-likeness (QED) is 0.630. The Bertz CT molecular complexity index is 1070. The van der Waals surface area contributed by atoms with Crippen molar-refractivity contribution in [2.45, 2.75) is 6.42 Å². The lowest BCUT2D eigenvalue weighted by Crippen LogP contribution is -2.50. The molecule has 31 heavy (non-hydrogen) atoms. The maximum atomic E-state index is 13.1. The van der Waals surface area contributed by atoms with Gasteiger partial charge in [-0.05, 0) is 54.1 Å². The summed E-state index contributed by atoms with van der Waals surface area (Å²) in [5, 5.41) is 0. The van der Waals surface area contributed by atoms with Crippen molar-refractivity contribution in [3.63, 3.8) is 0 Å². The zero-order valence-corrected chi connectivity index (χ0v) is 17.2. The van der Waals surface area contributed by atoms with Gasteiger partial charge in [0, 0.05) is 31.7 Å². The Morgan fingerprint density at radius 2 is 1.68 bits per heavy atom. The van der Waals surface area contributed by atoms with E-state index in [2.05, 4.69) is 0 Å². The number of benzene rings is 2. The molecule has 6 nitrogen and oxygen atoms in total. The van der Waals surface area contributed by atoms with Crippen LogP contribution < -0.4 is 4.74 Å². The van der Waals surface area contributed by atoms with Crippen LogP contribution >= 0.6 is 0 Å². The van der Waals surface area contributed by atoms with E-state index in [1.54, 1.807) is 41.2 Å². The molecule has 160 valence electrons. The number of carbonyl (C=O) groups excluding carboxylic acids is 2. The number of carbonyl (C=O) groups is 2. The summed E-state index contributed by atoms with van der Waals surface area (Å²) in [6, 6.07) is 16.7. The van der Waals surface area contributed by atoms with Crippen LogP contribution in [0.25, 0.3) is 11.3 Å². The molecule has 0 spiro atoms. The average molecular weight is 422 g/mol. The van der Waals surface area contributed by atoms with Crippen LogP contribution in [0.3, 0.4) is 0 Å². The normalized spacial score (nSPS) is 13.9. The highest BCUT2D eigenvalue weighted by atomic mass is 19.1. The van der Waals surface area contributed by atoms with E-state index < -0.39 is 0 Å². The van der Waals surface area contributed by atoms with Crippen LogP contribution in [0.5, 0.6) is 5.75 Å². The second-order valence-electron chi connectivity index (χ2n) is 7.37. The van der Waals surface area contributed by atoms with Crippen molar-refractivity contribution in [1.82, 2.24) is 9.80 Å². The molecule has 0 saturated carbocycles. The number of methoxy groups -OCH3 is 1. The molecule has 4 rings (SSSR count). The van der Waals surface area contributed by atoms with Gasteiger partial charge in [0.1, 0.15) is 17.3 Å². The molecule has 0 atom stereocenters. The average Bonchev–Trinajstić information content (AvgIpc) is 3.29. The molecule has 0 radical (unpaired) electrons. The van der Waals surface area contributed by atoms with Gasteiger partial charge < -0.3 is 19.0 Å². The molecule has 1 aliphatic rings. The Labute approximate surface area is 179 Å². The van der Waals surface area contributed by atoms with Gasteiger partial charge in [0.05, 0.1) is 13.5 Å². The summed E-state index contributed by atoms with van der Waals surface area (Å²) in [5.74, 6) is 0.945. The molecule has 0 N–H and O–H groups in total. The predicted molar refractivity (Wildman–Crippen MR) is 113 cm³/mol. The Morgan fingerprint density at radius 1 is 0.968 bits per heavy atom. The highest BCUT2D eigenvalue weighted by Crippen LogP contribution is 2.23. The summed E-state index contributed by atoms with van der Waals surface area (Å²) in [6.45, 7) is 1.82. The van der Waals surface area contributed by atoms with Crippen molar-refractivity contribution in [2.75, 3.05) is 33.3 Å². The lowest BCUT2D eigenvalue weighted by atomic mass is 10.1. The van der Waals surface area contributed by atoms with Crippen molar-refractivity contribution in [3.05, 3.63) is 77.8 Å². The molecule has 0 unspecified atom stereocenters. The van der Waals surface area contributed by atoms with Gasteiger partial charge in [-0.1, -0.05) is 12.1 Å². The van der Waals surface area contributed by atoms with Crippen LogP contribution in [-0.2, 0) is 11.2 Å². The molecule has 3 aromatic rings. The van der Waals surface area contributed by atoms with E-state index in [4.69, 9.17) is 9.15 Å². The molecule has 1 fully saturated rings. The van der Waals surface area contributed by atoms with Crippen LogP contribution in [0.4, 0.5) is 4.39 Å². The van der Waals surface area contributed by atoms with Gasteiger partial charge >= 0.3 is 0 Å². The Morgan fingerprint density at radius 3 is 2.39 bits per heavy atom. The minimum absolute atomic E-state index is 0.0250. The topological polar surface area (TPSA) is 63.0 Å². The van der Waals surface area contributed by atoms with Crippen LogP contribution in [0.1, 0.15) is 16.1 Å². The first kappa shape index (κ1) is 20.7. The molecule has 1 aliphatic heterocycles. The maximum Gasteiger partial charge on any atom is 0.289 e. The number of hydrogen-bond acceptors (Lipinski definition) is 4. The third-order valence-electron chi connectivity index (χ3n) is 5.35. The van der Waals surface area contributed by atoms with E-state index in [0.29, 0.717) is 43.9 Å². The van der Waals surface area contributed by atoms with Crippen molar-refractivity contribution in [3.8, 4) is 17.1 Å². The molecule has 1 aromatic heterocycles. The van der Waals surface area contributed by atoms with Crippen molar-refractivity contribution in [1.29, 1.82) is 0 Å². The summed E-state index contributed by atoms with van der Waals surface area (Å²) in [4.78, 5) is 28.9. The van der Waals surface area contributed by atoms with Crippen LogP contribution in [0.2, 0.25) is 0 Å².